The number of hydrogen-bond acceptors (Lipinski definition) is 5. The Kier molecular flexibility index (Phi) is 2.64. The van der Waals surface area contributed by atoms with Crippen LogP contribution in [0.25, 0.3) is 5.57 Å². The van der Waals surface area contributed by atoms with E-state index >= 15 is 0 Å². The topological polar surface area (TPSA) is 62.9 Å². The molecule has 2 aromatic rings. The van der Waals surface area contributed by atoms with Gasteiger partial charge < -0.3 is 24.7 Å². The summed E-state index contributed by atoms with van der Waals surface area (Å²) < 4.78 is 21.5. The van der Waals surface area contributed by atoms with Crippen LogP contribution in [0.3, 0.4) is 0 Å². The molecule has 0 spiro atoms. The minimum Gasteiger partial charge on any atom is -0.454 e. The lowest BCUT2D eigenvalue weighted by Gasteiger charge is -2.09. The van der Waals surface area contributed by atoms with E-state index in [2.05, 4.69) is 0 Å². The van der Waals surface area contributed by atoms with Gasteiger partial charge in [0.2, 0.25) is 13.6 Å². The van der Waals surface area contributed by atoms with Crippen molar-refractivity contribution in [3.05, 3.63) is 53.7 Å². The third kappa shape index (κ3) is 1.94. The van der Waals surface area contributed by atoms with Crippen LogP contribution in [0.1, 0.15) is 11.1 Å². The standard InChI is InChI=1S/C16H13NO4/c17-7-12(10-1-3-13-15(5-10)20-8-18-13)11-2-4-14-16(6-11)21-9-19-14/h1-7H,8-9,17H2. The fourth-order valence-corrected chi connectivity index (χ4v) is 2.49. The average molecular weight is 283 g/mol. The monoisotopic (exact) mass is 283 g/mol. The van der Waals surface area contributed by atoms with Crippen molar-refractivity contribution in [1.82, 2.24) is 0 Å². The lowest BCUT2D eigenvalue weighted by molar-refractivity contribution is 0.173. The van der Waals surface area contributed by atoms with Gasteiger partial charge in [-0.3, -0.25) is 0 Å². The van der Waals surface area contributed by atoms with Gasteiger partial charge >= 0.3 is 0 Å². The summed E-state index contributed by atoms with van der Waals surface area (Å²) in [6.45, 7) is 0.509. The summed E-state index contributed by atoms with van der Waals surface area (Å²) in [6.07, 6.45) is 1.58. The van der Waals surface area contributed by atoms with Crippen LogP contribution in [0.5, 0.6) is 23.0 Å². The fraction of sp³-hybridized carbons (Fsp3) is 0.125. The Morgan fingerprint density at radius 3 is 1.71 bits per heavy atom. The summed E-state index contributed by atoms with van der Waals surface area (Å²) in [5.74, 6) is 2.96. The van der Waals surface area contributed by atoms with Gasteiger partial charge in [-0.25, -0.2) is 0 Å². The van der Waals surface area contributed by atoms with E-state index in [9.17, 15) is 0 Å². The zero-order chi connectivity index (χ0) is 14.2. The molecule has 4 rings (SSSR count). The van der Waals surface area contributed by atoms with Gasteiger partial charge in [0.05, 0.1) is 0 Å². The Morgan fingerprint density at radius 2 is 1.24 bits per heavy atom. The molecule has 0 saturated carbocycles. The number of hydrogen-bond donors (Lipinski definition) is 1. The summed E-state index contributed by atoms with van der Waals surface area (Å²) in [5.41, 5.74) is 8.63. The van der Waals surface area contributed by atoms with E-state index in [1.807, 2.05) is 36.4 Å². The molecule has 0 aromatic heterocycles. The van der Waals surface area contributed by atoms with E-state index in [0.717, 1.165) is 39.7 Å². The molecule has 21 heavy (non-hydrogen) atoms. The number of benzene rings is 2. The molecule has 106 valence electrons. The smallest absolute Gasteiger partial charge is 0.231 e. The molecule has 0 aliphatic carbocycles. The molecule has 5 heteroatoms. The van der Waals surface area contributed by atoms with Crippen LogP contribution in [0.2, 0.25) is 0 Å². The molecule has 2 aliphatic rings. The second kappa shape index (κ2) is 4.63. The Morgan fingerprint density at radius 1 is 0.762 bits per heavy atom. The van der Waals surface area contributed by atoms with Gasteiger partial charge in [0.25, 0.3) is 0 Å². The molecule has 0 amide bonds. The molecule has 0 saturated heterocycles. The van der Waals surface area contributed by atoms with Crippen molar-refractivity contribution in [2.75, 3.05) is 13.6 Å². The number of ether oxygens (including phenoxy) is 4. The Labute approximate surface area is 121 Å². The van der Waals surface area contributed by atoms with Gasteiger partial charge in [0.1, 0.15) is 0 Å². The van der Waals surface area contributed by atoms with Gasteiger partial charge in [0, 0.05) is 11.8 Å². The summed E-state index contributed by atoms with van der Waals surface area (Å²) >= 11 is 0. The first kappa shape index (κ1) is 12.0. The molecular weight excluding hydrogens is 270 g/mol. The maximum atomic E-state index is 5.82. The molecule has 0 bridgehead atoms. The Bertz CT molecular complexity index is 680. The first-order valence-corrected chi connectivity index (χ1v) is 6.57. The SMILES string of the molecule is NC=C(c1ccc2c(c1)OCO2)c1ccc2c(c1)OCO2. The Hall–Kier alpha value is -2.82. The minimum atomic E-state index is 0.254. The van der Waals surface area contributed by atoms with E-state index in [0.29, 0.717) is 0 Å². The van der Waals surface area contributed by atoms with Crippen LogP contribution < -0.4 is 24.7 Å². The van der Waals surface area contributed by atoms with Crippen molar-refractivity contribution in [3.63, 3.8) is 0 Å². The molecule has 2 aliphatic heterocycles. The predicted molar refractivity (Wildman–Crippen MR) is 76.4 cm³/mol. The van der Waals surface area contributed by atoms with Crippen LogP contribution in [-0.2, 0) is 0 Å². The number of fused-ring (bicyclic) bond motifs is 2. The first-order chi connectivity index (χ1) is 10.3. The van der Waals surface area contributed by atoms with Gasteiger partial charge in [-0.2, -0.15) is 0 Å². The van der Waals surface area contributed by atoms with E-state index in [4.69, 9.17) is 24.7 Å². The predicted octanol–water partition coefficient (Wildman–Crippen LogP) is 2.49. The highest BCUT2D eigenvalue weighted by atomic mass is 16.7. The lowest BCUT2D eigenvalue weighted by Crippen LogP contribution is -1.94. The first-order valence-electron chi connectivity index (χ1n) is 6.57. The van der Waals surface area contributed by atoms with Crippen molar-refractivity contribution in [3.8, 4) is 23.0 Å². The molecule has 2 heterocycles. The van der Waals surface area contributed by atoms with Crippen molar-refractivity contribution in [2.24, 2.45) is 5.73 Å². The second-order valence-electron chi connectivity index (χ2n) is 4.72. The van der Waals surface area contributed by atoms with Crippen LogP contribution in [0.4, 0.5) is 0 Å². The highest BCUT2D eigenvalue weighted by molar-refractivity contribution is 5.81. The van der Waals surface area contributed by atoms with Gasteiger partial charge in [-0.1, -0.05) is 12.1 Å². The second-order valence-corrected chi connectivity index (χ2v) is 4.72. The third-order valence-corrected chi connectivity index (χ3v) is 3.53. The number of rotatable bonds is 2. The van der Waals surface area contributed by atoms with E-state index in [-0.39, 0.29) is 13.6 Å². The fourth-order valence-electron chi connectivity index (χ4n) is 2.49. The zero-order valence-corrected chi connectivity index (χ0v) is 11.2. The minimum absolute atomic E-state index is 0.254. The van der Waals surface area contributed by atoms with Crippen molar-refractivity contribution < 1.29 is 18.9 Å². The van der Waals surface area contributed by atoms with E-state index < -0.39 is 0 Å². The average Bonchev–Trinajstić information content (AvgIpc) is 3.15. The summed E-state index contributed by atoms with van der Waals surface area (Å²) in [7, 11) is 0. The molecule has 0 unspecified atom stereocenters. The van der Waals surface area contributed by atoms with Crippen LogP contribution in [0, 0.1) is 0 Å². The normalized spacial score (nSPS) is 14.1. The van der Waals surface area contributed by atoms with Crippen LogP contribution in [0.15, 0.2) is 42.6 Å². The number of nitrogens with two attached hydrogens (primary N) is 1. The van der Waals surface area contributed by atoms with Gasteiger partial charge in [0.15, 0.2) is 23.0 Å². The molecule has 0 atom stereocenters. The summed E-state index contributed by atoms with van der Waals surface area (Å²) in [4.78, 5) is 0. The molecule has 5 nitrogen and oxygen atoms in total. The molecule has 0 fully saturated rings. The lowest BCUT2D eigenvalue weighted by atomic mass is 9.98. The van der Waals surface area contributed by atoms with Crippen molar-refractivity contribution in [2.45, 2.75) is 0 Å². The van der Waals surface area contributed by atoms with Crippen LogP contribution in [-0.4, -0.2) is 13.6 Å². The summed E-state index contributed by atoms with van der Waals surface area (Å²) in [6, 6.07) is 11.5. The highest BCUT2D eigenvalue weighted by Gasteiger charge is 2.18. The largest absolute Gasteiger partial charge is 0.454 e. The molecule has 2 N–H and O–H groups in total. The van der Waals surface area contributed by atoms with Crippen molar-refractivity contribution in [1.29, 1.82) is 0 Å². The Balaban J connectivity index is 1.75. The molecular formula is C16H13NO4. The van der Waals surface area contributed by atoms with Gasteiger partial charge in [-0.15, -0.1) is 0 Å². The van der Waals surface area contributed by atoms with E-state index in [1.54, 1.807) is 6.20 Å². The maximum Gasteiger partial charge on any atom is 0.231 e. The van der Waals surface area contributed by atoms with Crippen LogP contribution >= 0.6 is 0 Å². The molecule has 0 radical (unpaired) electrons. The highest BCUT2D eigenvalue weighted by Crippen LogP contribution is 2.38. The quantitative estimate of drug-likeness (QED) is 0.917. The summed E-state index contributed by atoms with van der Waals surface area (Å²) in [5, 5.41) is 0. The zero-order valence-electron chi connectivity index (χ0n) is 11.2. The molecule has 2 aromatic carbocycles. The van der Waals surface area contributed by atoms with Crippen molar-refractivity contribution >= 4 is 5.57 Å². The van der Waals surface area contributed by atoms with Gasteiger partial charge in [-0.05, 0) is 35.4 Å². The van der Waals surface area contributed by atoms with E-state index in [1.165, 1.54) is 0 Å². The maximum absolute atomic E-state index is 5.82. The third-order valence-electron chi connectivity index (χ3n) is 3.53.